The summed E-state index contributed by atoms with van der Waals surface area (Å²) in [5.74, 6) is 0. The zero-order valence-corrected chi connectivity index (χ0v) is 13.1. The van der Waals surface area contributed by atoms with E-state index < -0.39 is 12.2 Å². The highest BCUT2D eigenvalue weighted by Crippen LogP contribution is 2.11. The van der Waals surface area contributed by atoms with Crippen molar-refractivity contribution < 1.29 is 20.1 Å². The van der Waals surface area contributed by atoms with E-state index in [1.807, 2.05) is 0 Å². The minimum Gasteiger partial charge on any atom is -0.394 e. The first-order valence-corrected chi connectivity index (χ1v) is 8.27. The molecule has 4 heteroatoms. The van der Waals surface area contributed by atoms with Gasteiger partial charge in [-0.3, -0.25) is 0 Å². The average Bonchev–Trinajstić information content (AvgIpc) is 2.48. The summed E-state index contributed by atoms with van der Waals surface area (Å²) in [7, 11) is 0. The van der Waals surface area contributed by atoms with E-state index in [1.54, 1.807) is 0 Å². The van der Waals surface area contributed by atoms with Crippen molar-refractivity contribution in [2.75, 3.05) is 19.8 Å². The molecule has 0 aliphatic rings. The van der Waals surface area contributed by atoms with Crippen molar-refractivity contribution in [1.29, 1.82) is 0 Å². The van der Waals surface area contributed by atoms with Gasteiger partial charge >= 0.3 is 0 Å². The molecule has 0 radical (unpaired) electrons. The van der Waals surface area contributed by atoms with E-state index in [0.29, 0.717) is 6.61 Å². The second kappa shape index (κ2) is 15.2. The van der Waals surface area contributed by atoms with Gasteiger partial charge in [0.2, 0.25) is 0 Å². The van der Waals surface area contributed by atoms with Gasteiger partial charge in [0.15, 0.2) is 0 Å². The van der Waals surface area contributed by atoms with Gasteiger partial charge in [-0.15, -0.1) is 0 Å². The van der Waals surface area contributed by atoms with E-state index in [2.05, 4.69) is 6.92 Å². The lowest BCUT2D eigenvalue weighted by Crippen LogP contribution is -2.35. The molecule has 0 rings (SSSR count). The molecule has 0 aromatic carbocycles. The fourth-order valence-electron chi connectivity index (χ4n) is 2.23. The molecule has 0 amide bonds. The highest BCUT2D eigenvalue weighted by Gasteiger charge is 2.17. The zero-order valence-electron chi connectivity index (χ0n) is 13.1. The number of hydrogen-bond donors (Lipinski definition) is 3. The van der Waals surface area contributed by atoms with Crippen LogP contribution < -0.4 is 0 Å². The van der Waals surface area contributed by atoms with E-state index in [0.717, 1.165) is 12.8 Å². The molecule has 0 fully saturated rings. The van der Waals surface area contributed by atoms with Crippen LogP contribution in [0.25, 0.3) is 0 Å². The number of aliphatic hydroxyl groups excluding tert-OH is 3. The highest BCUT2D eigenvalue weighted by atomic mass is 16.5. The molecule has 0 aliphatic heterocycles. The maximum atomic E-state index is 9.34. The number of unbranched alkanes of at least 4 members (excludes halogenated alkanes) is 9. The standard InChI is InChI=1S/C16H34O4/c1-2-3-4-5-6-7-8-9-10-11-12-20-16(14-18)15(19)13-17/h15-19H,2-14H2,1H3. The molecule has 0 bridgehead atoms. The summed E-state index contributed by atoms with van der Waals surface area (Å²) in [6.45, 7) is 2.16. The minimum absolute atomic E-state index is 0.251. The van der Waals surface area contributed by atoms with Gasteiger partial charge in [-0.2, -0.15) is 0 Å². The molecule has 0 spiro atoms. The Bertz CT molecular complexity index is 187. The smallest absolute Gasteiger partial charge is 0.109 e. The monoisotopic (exact) mass is 290 g/mol. The molecule has 20 heavy (non-hydrogen) atoms. The molecule has 0 aliphatic carbocycles. The fraction of sp³-hybridized carbons (Fsp3) is 1.00. The Morgan fingerprint density at radius 2 is 1.25 bits per heavy atom. The lowest BCUT2D eigenvalue weighted by atomic mass is 10.1. The third-order valence-corrected chi connectivity index (χ3v) is 3.63. The van der Waals surface area contributed by atoms with E-state index in [-0.39, 0.29) is 13.2 Å². The molecule has 0 saturated heterocycles. The van der Waals surface area contributed by atoms with Crippen molar-refractivity contribution in [2.24, 2.45) is 0 Å². The van der Waals surface area contributed by atoms with Crippen LogP contribution in [0.1, 0.15) is 71.1 Å². The molecule has 4 nitrogen and oxygen atoms in total. The zero-order chi connectivity index (χ0) is 15.1. The van der Waals surface area contributed by atoms with Crippen LogP contribution in [-0.2, 0) is 4.74 Å². The summed E-state index contributed by atoms with van der Waals surface area (Å²) in [5, 5.41) is 27.1. The summed E-state index contributed by atoms with van der Waals surface area (Å²) in [4.78, 5) is 0. The molecule has 2 unspecified atom stereocenters. The molecular formula is C16H34O4. The van der Waals surface area contributed by atoms with Gasteiger partial charge in [0.1, 0.15) is 12.2 Å². The molecule has 0 saturated carbocycles. The summed E-state index contributed by atoms with van der Waals surface area (Å²) in [5.41, 5.74) is 0. The van der Waals surface area contributed by atoms with E-state index >= 15 is 0 Å². The Kier molecular flexibility index (Phi) is 15.1. The van der Waals surface area contributed by atoms with Crippen LogP contribution >= 0.6 is 0 Å². The Morgan fingerprint density at radius 1 is 0.750 bits per heavy atom. The van der Waals surface area contributed by atoms with E-state index in [1.165, 1.54) is 51.4 Å². The fourth-order valence-corrected chi connectivity index (χ4v) is 2.23. The number of rotatable bonds is 15. The third-order valence-electron chi connectivity index (χ3n) is 3.63. The predicted molar refractivity (Wildman–Crippen MR) is 81.8 cm³/mol. The quantitative estimate of drug-likeness (QED) is 0.406. The second-order valence-corrected chi connectivity index (χ2v) is 5.52. The molecule has 0 aromatic heterocycles. The lowest BCUT2D eigenvalue weighted by Gasteiger charge is -2.19. The van der Waals surface area contributed by atoms with Crippen LogP contribution in [0.15, 0.2) is 0 Å². The first kappa shape index (κ1) is 19.8. The van der Waals surface area contributed by atoms with Crippen LogP contribution in [0.3, 0.4) is 0 Å². The largest absolute Gasteiger partial charge is 0.394 e. The topological polar surface area (TPSA) is 69.9 Å². The van der Waals surface area contributed by atoms with E-state index in [9.17, 15) is 5.11 Å². The van der Waals surface area contributed by atoms with Crippen molar-refractivity contribution >= 4 is 0 Å². The van der Waals surface area contributed by atoms with Crippen molar-refractivity contribution in [1.82, 2.24) is 0 Å². The predicted octanol–water partition coefficient (Wildman–Crippen LogP) is 2.64. The van der Waals surface area contributed by atoms with Gasteiger partial charge in [0.25, 0.3) is 0 Å². The normalized spacial score (nSPS) is 14.4. The SMILES string of the molecule is CCCCCCCCCCCCOC(CO)C(O)CO. The van der Waals surface area contributed by atoms with Crippen LogP contribution in [0.2, 0.25) is 0 Å². The molecule has 0 heterocycles. The van der Waals surface area contributed by atoms with Gasteiger partial charge < -0.3 is 20.1 Å². The third kappa shape index (κ3) is 11.6. The number of hydrogen-bond acceptors (Lipinski definition) is 4. The highest BCUT2D eigenvalue weighted by molar-refractivity contribution is 4.66. The maximum absolute atomic E-state index is 9.34. The van der Waals surface area contributed by atoms with Crippen molar-refractivity contribution in [3.63, 3.8) is 0 Å². The van der Waals surface area contributed by atoms with Gasteiger partial charge in [-0.1, -0.05) is 64.7 Å². The molecule has 0 aromatic rings. The summed E-state index contributed by atoms with van der Waals surface area (Å²) in [6, 6.07) is 0. The van der Waals surface area contributed by atoms with Crippen LogP contribution in [0, 0.1) is 0 Å². The summed E-state index contributed by atoms with van der Waals surface area (Å²) >= 11 is 0. The van der Waals surface area contributed by atoms with Crippen LogP contribution in [-0.4, -0.2) is 47.3 Å². The molecular weight excluding hydrogens is 256 g/mol. The Balaban J connectivity index is 3.23. The first-order valence-electron chi connectivity index (χ1n) is 8.27. The maximum Gasteiger partial charge on any atom is 0.109 e. The number of ether oxygens (including phenoxy) is 1. The van der Waals surface area contributed by atoms with Gasteiger partial charge in [-0.25, -0.2) is 0 Å². The molecule has 2 atom stereocenters. The van der Waals surface area contributed by atoms with Gasteiger partial charge in [-0.05, 0) is 6.42 Å². The average molecular weight is 290 g/mol. The summed E-state index contributed by atoms with van der Waals surface area (Å²) < 4.78 is 5.36. The van der Waals surface area contributed by atoms with Gasteiger partial charge in [0.05, 0.1) is 13.2 Å². The van der Waals surface area contributed by atoms with Gasteiger partial charge in [0, 0.05) is 6.61 Å². The van der Waals surface area contributed by atoms with E-state index in [4.69, 9.17) is 14.9 Å². The lowest BCUT2D eigenvalue weighted by molar-refractivity contribution is -0.0802. The number of aliphatic hydroxyl groups is 3. The molecule has 3 N–H and O–H groups in total. The second-order valence-electron chi connectivity index (χ2n) is 5.52. The van der Waals surface area contributed by atoms with Crippen LogP contribution in [0.4, 0.5) is 0 Å². The van der Waals surface area contributed by atoms with Crippen molar-refractivity contribution in [2.45, 2.75) is 83.3 Å². The van der Waals surface area contributed by atoms with Crippen molar-refractivity contribution in [3.05, 3.63) is 0 Å². The van der Waals surface area contributed by atoms with Crippen molar-refractivity contribution in [3.8, 4) is 0 Å². The minimum atomic E-state index is -0.983. The molecule has 122 valence electrons. The Labute approximate surface area is 124 Å². The summed E-state index contributed by atoms with van der Waals surface area (Å²) in [6.07, 6.45) is 11.0. The Hall–Kier alpha value is -0.160. The Morgan fingerprint density at radius 3 is 1.70 bits per heavy atom. The van der Waals surface area contributed by atoms with Crippen LogP contribution in [0.5, 0.6) is 0 Å². The first-order chi connectivity index (χ1) is 9.76.